The van der Waals surface area contributed by atoms with Gasteiger partial charge in [0.05, 0.1) is 6.61 Å². The maximum atomic E-state index is 13.4. The zero-order valence-corrected chi connectivity index (χ0v) is 19.0. The van der Waals surface area contributed by atoms with Gasteiger partial charge in [-0.3, -0.25) is 9.78 Å². The van der Waals surface area contributed by atoms with E-state index in [0.717, 1.165) is 28.4 Å². The van der Waals surface area contributed by atoms with E-state index in [1.807, 2.05) is 48.2 Å². The monoisotopic (exact) mass is 480 g/mol. The van der Waals surface area contributed by atoms with Crippen molar-refractivity contribution in [1.82, 2.24) is 9.88 Å². The Labute approximate surface area is 191 Å². The Balaban J connectivity index is 1.52. The number of amides is 1. The summed E-state index contributed by atoms with van der Waals surface area (Å²) < 4.78 is 12.8. The lowest BCUT2D eigenvalue weighted by molar-refractivity contribution is 0.0729. The number of carbonyl (C=O) groups excluding carboxylic acids is 1. The molecular weight excluding hydrogens is 456 g/mol. The number of benzene rings is 2. The summed E-state index contributed by atoms with van der Waals surface area (Å²) >= 11 is 3.52. The van der Waals surface area contributed by atoms with Gasteiger partial charge in [0.25, 0.3) is 5.91 Å². The summed E-state index contributed by atoms with van der Waals surface area (Å²) in [5, 5.41) is 0. The van der Waals surface area contributed by atoms with Crippen LogP contribution in [0.1, 0.15) is 41.3 Å². The Bertz CT molecular complexity index is 1040. The number of carbonyl (C=O) groups is 1. The molecule has 3 aromatic rings. The number of rotatable bonds is 9. The largest absolute Gasteiger partial charge is 0.490 e. The molecule has 31 heavy (non-hydrogen) atoms. The van der Waals surface area contributed by atoms with Crippen LogP contribution < -0.4 is 9.47 Å². The number of ether oxygens (including phenoxy) is 2. The van der Waals surface area contributed by atoms with E-state index in [-0.39, 0.29) is 5.91 Å². The first-order valence-electron chi connectivity index (χ1n) is 10.5. The van der Waals surface area contributed by atoms with Gasteiger partial charge in [-0.1, -0.05) is 28.1 Å². The van der Waals surface area contributed by atoms with Crippen LogP contribution >= 0.6 is 15.9 Å². The zero-order chi connectivity index (χ0) is 21.6. The standard InChI is InChI=1S/C25H25BrN2O3/c1-2-30-24-15-20(6-9-23(24)31-17-18-10-12-27-13-11-18)25(29)28(22-7-8-22)16-19-4-3-5-21(26)14-19/h3-6,9-15,22H,2,7-8,16-17H2,1H3. The van der Waals surface area contributed by atoms with Crippen LogP contribution in [0.3, 0.4) is 0 Å². The van der Waals surface area contributed by atoms with Crippen molar-refractivity contribution in [3.05, 3.63) is 88.2 Å². The second-order valence-electron chi connectivity index (χ2n) is 7.53. The topological polar surface area (TPSA) is 51.7 Å². The van der Waals surface area contributed by atoms with E-state index >= 15 is 0 Å². The fraction of sp³-hybridized carbons (Fsp3) is 0.280. The summed E-state index contributed by atoms with van der Waals surface area (Å²) in [7, 11) is 0. The second kappa shape index (κ2) is 9.96. The Morgan fingerprint density at radius 1 is 1.03 bits per heavy atom. The Hall–Kier alpha value is -2.86. The van der Waals surface area contributed by atoms with E-state index in [2.05, 4.69) is 33.0 Å². The van der Waals surface area contributed by atoms with Crippen molar-refractivity contribution in [3.8, 4) is 11.5 Å². The highest BCUT2D eigenvalue weighted by Crippen LogP contribution is 2.33. The predicted octanol–water partition coefficient (Wildman–Crippen LogP) is 5.63. The summed E-state index contributed by atoms with van der Waals surface area (Å²) in [4.78, 5) is 19.4. The molecule has 2 aromatic carbocycles. The van der Waals surface area contributed by atoms with Crippen molar-refractivity contribution in [2.75, 3.05) is 6.61 Å². The third kappa shape index (κ3) is 5.64. The minimum atomic E-state index is 0.0177. The van der Waals surface area contributed by atoms with Crippen LogP contribution in [-0.4, -0.2) is 28.4 Å². The predicted molar refractivity (Wildman–Crippen MR) is 123 cm³/mol. The second-order valence-corrected chi connectivity index (χ2v) is 8.45. The molecule has 0 aliphatic heterocycles. The smallest absolute Gasteiger partial charge is 0.254 e. The average molecular weight is 481 g/mol. The average Bonchev–Trinajstić information content (AvgIpc) is 3.62. The Morgan fingerprint density at radius 2 is 1.84 bits per heavy atom. The van der Waals surface area contributed by atoms with Crippen molar-refractivity contribution >= 4 is 21.8 Å². The van der Waals surface area contributed by atoms with E-state index in [4.69, 9.17) is 9.47 Å². The number of hydrogen-bond acceptors (Lipinski definition) is 4. The SMILES string of the molecule is CCOc1cc(C(=O)N(Cc2cccc(Br)c2)C2CC2)ccc1OCc1ccncc1. The molecule has 0 radical (unpaired) electrons. The Kier molecular flexibility index (Phi) is 6.87. The number of aromatic nitrogens is 1. The van der Waals surface area contributed by atoms with Crippen molar-refractivity contribution in [2.24, 2.45) is 0 Å². The van der Waals surface area contributed by atoms with Crippen molar-refractivity contribution in [3.63, 3.8) is 0 Å². The van der Waals surface area contributed by atoms with Crippen molar-refractivity contribution in [1.29, 1.82) is 0 Å². The van der Waals surface area contributed by atoms with Gasteiger partial charge in [-0.2, -0.15) is 0 Å². The van der Waals surface area contributed by atoms with Crippen LogP contribution in [0.25, 0.3) is 0 Å². The zero-order valence-electron chi connectivity index (χ0n) is 17.5. The molecule has 1 fully saturated rings. The Morgan fingerprint density at radius 3 is 2.55 bits per heavy atom. The van der Waals surface area contributed by atoms with E-state index in [9.17, 15) is 4.79 Å². The van der Waals surface area contributed by atoms with Gasteiger partial charge < -0.3 is 14.4 Å². The van der Waals surface area contributed by atoms with Gasteiger partial charge in [0.1, 0.15) is 6.61 Å². The van der Waals surface area contributed by atoms with Gasteiger partial charge in [-0.25, -0.2) is 0 Å². The fourth-order valence-electron chi connectivity index (χ4n) is 3.42. The summed E-state index contributed by atoms with van der Waals surface area (Å²) in [5.74, 6) is 1.23. The molecular formula is C25H25BrN2O3. The molecule has 0 saturated heterocycles. The van der Waals surface area contributed by atoms with E-state index < -0.39 is 0 Å². The third-order valence-corrected chi connectivity index (χ3v) is 5.62. The van der Waals surface area contributed by atoms with Gasteiger partial charge in [0, 0.05) is 35.0 Å². The van der Waals surface area contributed by atoms with Gasteiger partial charge in [-0.15, -0.1) is 0 Å². The van der Waals surface area contributed by atoms with Crippen molar-refractivity contribution in [2.45, 2.75) is 39.0 Å². The lowest BCUT2D eigenvalue weighted by Crippen LogP contribution is -2.32. The quantitative estimate of drug-likeness (QED) is 0.398. The molecule has 160 valence electrons. The molecule has 1 heterocycles. The molecule has 1 aromatic heterocycles. The lowest BCUT2D eigenvalue weighted by atomic mass is 10.1. The van der Waals surface area contributed by atoms with Gasteiger partial charge in [0.2, 0.25) is 0 Å². The van der Waals surface area contributed by atoms with Crippen LogP contribution in [0.5, 0.6) is 11.5 Å². The molecule has 0 atom stereocenters. The van der Waals surface area contributed by atoms with Crippen molar-refractivity contribution < 1.29 is 14.3 Å². The summed E-state index contributed by atoms with van der Waals surface area (Å²) in [6.45, 7) is 3.42. The molecule has 0 spiro atoms. The fourth-order valence-corrected chi connectivity index (χ4v) is 3.87. The maximum absolute atomic E-state index is 13.4. The number of hydrogen-bond donors (Lipinski definition) is 0. The summed E-state index contributed by atoms with van der Waals surface area (Å²) in [5.41, 5.74) is 2.74. The molecule has 1 aliphatic carbocycles. The highest BCUT2D eigenvalue weighted by molar-refractivity contribution is 9.10. The first-order chi connectivity index (χ1) is 15.1. The van der Waals surface area contributed by atoms with Crippen LogP contribution in [0.2, 0.25) is 0 Å². The highest BCUT2D eigenvalue weighted by atomic mass is 79.9. The van der Waals surface area contributed by atoms with Gasteiger partial charge in [-0.05, 0) is 73.4 Å². The van der Waals surface area contributed by atoms with Crippen LogP contribution in [0.4, 0.5) is 0 Å². The number of halogens is 1. The van der Waals surface area contributed by atoms with Crippen LogP contribution in [-0.2, 0) is 13.2 Å². The van der Waals surface area contributed by atoms with Gasteiger partial charge >= 0.3 is 0 Å². The minimum Gasteiger partial charge on any atom is -0.490 e. The molecule has 0 N–H and O–H groups in total. The van der Waals surface area contributed by atoms with Gasteiger partial charge in [0.15, 0.2) is 11.5 Å². The van der Waals surface area contributed by atoms with Crippen LogP contribution in [0, 0.1) is 0 Å². The number of pyridine rings is 1. The summed E-state index contributed by atoms with van der Waals surface area (Å²) in [6, 6.07) is 17.7. The molecule has 1 saturated carbocycles. The first kappa shape index (κ1) is 21.4. The van der Waals surface area contributed by atoms with Crippen LogP contribution in [0.15, 0.2) is 71.5 Å². The minimum absolute atomic E-state index is 0.0177. The summed E-state index contributed by atoms with van der Waals surface area (Å²) in [6.07, 6.45) is 5.57. The van der Waals surface area contributed by atoms with E-state index in [0.29, 0.717) is 42.9 Å². The first-order valence-corrected chi connectivity index (χ1v) is 11.3. The molecule has 1 amide bonds. The molecule has 5 nitrogen and oxygen atoms in total. The van der Waals surface area contributed by atoms with E-state index in [1.165, 1.54) is 0 Å². The maximum Gasteiger partial charge on any atom is 0.254 e. The molecule has 0 bridgehead atoms. The van der Waals surface area contributed by atoms with E-state index in [1.54, 1.807) is 18.5 Å². The number of nitrogens with zero attached hydrogens (tertiary/aromatic N) is 2. The molecule has 1 aliphatic rings. The molecule has 4 rings (SSSR count). The lowest BCUT2D eigenvalue weighted by Gasteiger charge is -2.23. The third-order valence-electron chi connectivity index (χ3n) is 5.12. The molecule has 6 heteroatoms. The molecule has 0 unspecified atom stereocenters. The highest BCUT2D eigenvalue weighted by Gasteiger charge is 2.33. The normalized spacial score (nSPS) is 13.0.